The summed E-state index contributed by atoms with van der Waals surface area (Å²) in [5, 5.41) is 13.7. The molecular weight excluding hydrogens is 298 g/mol. The van der Waals surface area contributed by atoms with Crippen molar-refractivity contribution in [3.8, 4) is 0 Å². The summed E-state index contributed by atoms with van der Waals surface area (Å²) in [7, 11) is 0. The molecule has 1 aromatic carbocycles. The zero-order valence-electron chi connectivity index (χ0n) is 9.95. The minimum Gasteiger partial charge on any atom is -0.388 e. The normalized spacial score (nSPS) is 26.1. The third-order valence-corrected chi connectivity index (χ3v) is 5.15. The van der Waals surface area contributed by atoms with Crippen molar-refractivity contribution in [3.63, 3.8) is 0 Å². The van der Waals surface area contributed by atoms with Crippen LogP contribution in [0.1, 0.15) is 24.9 Å². The van der Waals surface area contributed by atoms with Crippen LogP contribution in [0.15, 0.2) is 28.7 Å². The molecule has 2 N–H and O–H groups in total. The summed E-state index contributed by atoms with van der Waals surface area (Å²) in [6, 6.07) is 8.46. The van der Waals surface area contributed by atoms with Gasteiger partial charge < -0.3 is 10.4 Å². The molecule has 0 saturated carbocycles. The Morgan fingerprint density at radius 2 is 2.29 bits per heavy atom. The van der Waals surface area contributed by atoms with Crippen LogP contribution in [0.25, 0.3) is 0 Å². The molecule has 2 unspecified atom stereocenters. The van der Waals surface area contributed by atoms with Gasteiger partial charge in [-0.05, 0) is 30.7 Å². The predicted molar refractivity (Wildman–Crippen MR) is 77.5 cm³/mol. The second-order valence-electron chi connectivity index (χ2n) is 4.65. The van der Waals surface area contributed by atoms with E-state index in [1.165, 1.54) is 5.56 Å². The van der Waals surface area contributed by atoms with Gasteiger partial charge in [-0.2, -0.15) is 11.8 Å². The summed E-state index contributed by atoms with van der Waals surface area (Å²) in [6.07, 6.45) is 0.896. The van der Waals surface area contributed by atoms with Gasteiger partial charge in [-0.25, -0.2) is 0 Å². The van der Waals surface area contributed by atoms with Crippen molar-refractivity contribution in [2.75, 3.05) is 18.1 Å². The molecule has 1 aliphatic heterocycles. The SMILES string of the molecule is CC(NCC1(O)CCSC1)c1ccccc1Br. The Kier molecular flexibility index (Phi) is 4.53. The molecule has 2 nitrogen and oxygen atoms in total. The molecule has 0 amide bonds. The van der Waals surface area contributed by atoms with Crippen LogP contribution >= 0.6 is 27.7 Å². The highest BCUT2D eigenvalue weighted by Gasteiger charge is 2.31. The van der Waals surface area contributed by atoms with Crippen molar-refractivity contribution in [1.82, 2.24) is 5.32 Å². The third-order valence-electron chi connectivity index (χ3n) is 3.19. The van der Waals surface area contributed by atoms with Gasteiger partial charge in [0.15, 0.2) is 0 Å². The Labute approximate surface area is 115 Å². The second-order valence-corrected chi connectivity index (χ2v) is 6.61. The van der Waals surface area contributed by atoms with Crippen LogP contribution in [-0.4, -0.2) is 28.8 Å². The minimum atomic E-state index is -0.514. The van der Waals surface area contributed by atoms with Crippen molar-refractivity contribution in [1.29, 1.82) is 0 Å². The van der Waals surface area contributed by atoms with Crippen LogP contribution < -0.4 is 5.32 Å². The van der Waals surface area contributed by atoms with E-state index in [1.54, 1.807) is 0 Å². The van der Waals surface area contributed by atoms with Crippen LogP contribution in [0.4, 0.5) is 0 Å². The van der Waals surface area contributed by atoms with Gasteiger partial charge in [-0.15, -0.1) is 0 Å². The van der Waals surface area contributed by atoms with Gasteiger partial charge in [0.2, 0.25) is 0 Å². The molecule has 2 rings (SSSR count). The maximum absolute atomic E-state index is 10.3. The van der Waals surface area contributed by atoms with E-state index in [1.807, 2.05) is 30.0 Å². The third kappa shape index (κ3) is 3.47. The number of benzene rings is 1. The first-order chi connectivity index (χ1) is 8.11. The maximum atomic E-state index is 10.3. The van der Waals surface area contributed by atoms with Crippen LogP contribution in [0.5, 0.6) is 0 Å². The highest BCUT2D eigenvalue weighted by atomic mass is 79.9. The van der Waals surface area contributed by atoms with Crippen LogP contribution in [0, 0.1) is 0 Å². The number of aliphatic hydroxyl groups is 1. The molecule has 1 aliphatic rings. The molecule has 4 heteroatoms. The van der Waals surface area contributed by atoms with Crippen molar-refractivity contribution >= 4 is 27.7 Å². The number of hydrogen-bond donors (Lipinski definition) is 2. The van der Waals surface area contributed by atoms with Gasteiger partial charge in [-0.1, -0.05) is 34.1 Å². The Bertz CT molecular complexity index is 379. The second kappa shape index (κ2) is 5.74. The van der Waals surface area contributed by atoms with Gasteiger partial charge in [0.05, 0.1) is 5.60 Å². The molecule has 1 heterocycles. The van der Waals surface area contributed by atoms with Crippen molar-refractivity contribution in [2.45, 2.75) is 25.0 Å². The Hall–Kier alpha value is -0.0300. The lowest BCUT2D eigenvalue weighted by Crippen LogP contribution is -2.41. The average molecular weight is 316 g/mol. The predicted octanol–water partition coefficient (Wildman–Crippen LogP) is 2.97. The fraction of sp³-hybridized carbons (Fsp3) is 0.538. The Balaban J connectivity index is 1.93. The van der Waals surface area contributed by atoms with Crippen molar-refractivity contribution in [2.24, 2.45) is 0 Å². The molecule has 1 fully saturated rings. The van der Waals surface area contributed by atoms with E-state index in [0.717, 1.165) is 22.4 Å². The molecule has 17 heavy (non-hydrogen) atoms. The van der Waals surface area contributed by atoms with E-state index in [2.05, 4.69) is 34.2 Å². The van der Waals surface area contributed by atoms with Crippen LogP contribution in [0.3, 0.4) is 0 Å². The minimum absolute atomic E-state index is 0.250. The standard InChI is InChI=1S/C13H18BrNOS/c1-10(11-4-2-3-5-12(11)14)15-8-13(16)6-7-17-9-13/h2-5,10,15-16H,6-9H2,1H3. The smallest absolute Gasteiger partial charge is 0.0869 e. The Morgan fingerprint density at radius 1 is 1.53 bits per heavy atom. The topological polar surface area (TPSA) is 32.3 Å². The molecule has 0 spiro atoms. The van der Waals surface area contributed by atoms with Crippen molar-refractivity contribution in [3.05, 3.63) is 34.3 Å². The number of rotatable bonds is 4. The lowest BCUT2D eigenvalue weighted by atomic mass is 10.0. The number of halogens is 1. The fourth-order valence-corrected chi connectivity index (χ4v) is 3.94. The van der Waals surface area contributed by atoms with E-state index in [0.29, 0.717) is 6.54 Å². The highest BCUT2D eigenvalue weighted by Crippen LogP contribution is 2.28. The molecule has 1 aromatic rings. The molecule has 2 atom stereocenters. The highest BCUT2D eigenvalue weighted by molar-refractivity contribution is 9.10. The average Bonchev–Trinajstić information content (AvgIpc) is 2.74. The molecule has 0 aliphatic carbocycles. The summed E-state index contributed by atoms with van der Waals surface area (Å²) < 4.78 is 1.12. The monoisotopic (exact) mass is 315 g/mol. The van der Waals surface area contributed by atoms with E-state index in [4.69, 9.17) is 0 Å². The lowest BCUT2D eigenvalue weighted by Gasteiger charge is -2.25. The largest absolute Gasteiger partial charge is 0.388 e. The van der Waals surface area contributed by atoms with E-state index < -0.39 is 5.60 Å². The fourth-order valence-electron chi connectivity index (χ4n) is 2.02. The Morgan fingerprint density at radius 3 is 2.94 bits per heavy atom. The molecule has 0 radical (unpaired) electrons. The summed E-state index contributed by atoms with van der Waals surface area (Å²) in [5.41, 5.74) is 0.724. The molecule has 94 valence electrons. The van der Waals surface area contributed by atoms with Gasteiger partial charge in [0, 0.05) is 22.8 Å². The summed E-state index contributed by atoms with van der Waals surface area (Å²) >= 11 is 5.39. The molecule has 1 saturated heterocycles. The summed E-state index contributed by atoms with van der Waals surface area (Å²) in [4.78, 5) is 0. The van der Waals surface area contributed by atoms with Crippen molar-refractivity contribution < 1.29 is 5.11 Å². The van der Waals surface area contributed by atoms with Gasteiger partial charge in [0.1, 0.15) is 0 Å². The van der Waals surface area contributed by atoms with E-state index >= 15 is 0 Å². The zero-order chi connectivity index (χ0) is 12.3. The first-order valence-corrected chi connectivity index (χ1v) is 7.83. The number of nitrogens with one attached hydrogen (secondary N) is 1. The first-order valence-electron chi connectivity index (χ1n) is 5.89. The molecular formula is C13H18BrNOS. The maximum Gasteiger partial charge on any atom is 0.0869 e. The van der Waals surface area contributed by atoms with E-state index in [-0.39, 0.29) is 6.04 Å². The first kappa shape index (κ1) is 13.4. The van der Waals surface area contributed by atoms with Gasteiger partial charge >= 0.3 is 0 Å². The van der Waals surface area contributed by atoms with E-state index in [9.17, 15) is 5.11 Å². The molecule has 0 aromatic heterocycles. The molecule has 0 bridgehead atoms. The van der Waals surface area contributed by atoms with Crippen LogP contribution in [0.2, 0.25) is 0 Å². The zero-order valence-corrected chi connectivity index (χ0v) is 12.4. The van der Waals surface area contributed by atoms with Gasteiger partial charge in [0.25, 0.3) is 0 Å². The number of hydrogen-bond acceptors (Lipinski definition) is 3. The number of thioether (sulfide) groups is 1. The summed E-state index contributed by atoms with van der Waals surface area (Å²) in [5.74, 6) is 1.92. The summed E-state index contributed by atoms with van der Waals surface area (Å²) in [6.45, 7) is 2.80. The lowest BCUT2D eigenvalue weighted by molar-refractivity contribution is 0.0651. The van der Waals surface area contributed by atoms with Gasteiger partial charge in [-0.3, -0.25) is 0 Å². The van der Waals surface area contributed by atoms with Crippen LogP contribution in [-0.2, 0) is 0 Å². The quantitative estimate of drug-likeness (QED) is 0.896.